The number of alkyl carbamates (subject to hydrolysis) is 1. The van der Waals surface area contributed by atoms with Gasteiger partial charge in [0.15, 0.2) is 6.23 Å². The molecular weight excluding hydrogens is 328 g/mol. The Morgan fingerprint density at radius 3 is 2.65 bits per heavy atom. The minimum atomic E-state index is -4.17. The van der Waals surface area contributed by atoms with Crippen LogP contribution in [0.5, 0.6) is 0 Å². The van der Waals surface area contributed by atoms with Crippen molar-refractivity contribution in [2.45, 2.75) is 30.2 Å². The maximum atomic E-state index is 12.3. The fourth-order valence-corrected chi connectivity index (χ4v) is 3.59. The van der Waals surface area contributed by atoms with Gasteiger partial charge in [-0.2, -0.15) is 8.42 Å². The quantitative estimate of drug-likeness (QED) is 0.666. The summed E-state index contributed by atoms with van der Waals surface area (Å²) < 4.78 is 34.8. The average Bonchev–Trinajstić information content (AvgIpc) is 2.87. The summed E-state index contributed by atoms with van der Waals surface area (Å²) in [5.41, 5.74) is 0.620. The Bertz CT molecular complexity index is 731. The second kappa shape index (κ2) is 5.70. The highest BCUT2D eigenvalue weighted by atomic mass is 32.2. The number of nitrogens with zero attached hydrogens (tertiary/aromatic N) is 1. The summed E-state index contributed by atoms with van der Waals surface area (Å²) in [5, 5.41) is 11.6. The molecule has 3 aliphatic rings. The van der Waals surface area contributed by atoms with Crippen molar-refractivity contribution in [3.8, 4) is 0 Å². The third-order valence-electron chi connectivity index (χ3n) is 3.69. The van der Waals surface area contributed by atoms with Gasteiger partial charge in [0, 0.05) is 6.54 Å². The Kier molecular flexibility index (Phi) is 3.86. The Balaban J connectivity index is 2.00. The van der Waals surface area contributed by atoms with Crippen molar-refractivity contribution >= 4 is 22.3 Å². The van der Waals surface area contributed by atoms with Gasteiger partial charge in [0.05, 0.1) is 10.9 Å². The monoisotopic (exact) mass is 342 g/mol. The zero-order chi connectivity index (χ0) is 16.6. The molecule has 2 amide bonds. The number of nitrogens with one attached hydrogen (secondary N) is 1. The summed E-state index contributed by atoms with van der Waals surface area (Å²) >= 11 is 0. The van der Waals surface area contributed by atoms with Gasteiger partial charge in [-0.05, 0) is 24.1 Å². The molecule has 1 aromatic carbocycles. The van der Waals surface area contributed by atoms with Gasteiger partial charge in [0.25, 0.3) is 10.1 Å². The van der Waals surface area contributed by atoms with E-state index in [1.807, 2.05) is 0 Å². The third kappa shape index (κ3) is 3.08. The summed E-state index contributed by atoms with van der Waals surface area (Å²) in [4.78, 5) is 23.8. The van der Waals surface area contributed by atoms with E-state index in [-0.39, 0.29) is 24.5 Å². The molecule has 1 aromatic rings. The average molecular weight is 342 g/mol. The highest BCUT2D eigenvalue weighted by Gasteiger charge is 2.42. The Morgan fingerprint density at radius 1 is 1.30 bits per heavy atom. The Hall–Kier alpha value is -2.33. The van der Waals surface area contributed by atoms with Crippen LogP contribution in [-0.4, -0.2) is 49.4 Å². The molecule has 0 spiro atoms. The lowest BCUT2D eigenvalue weighted by atomic mass is 10.2. The molecular formula is C13H14N2O7S. The second-order valence-corrected chi connectivity index (χ2v) is 6.75. The zero-order valence-electron chi connectivity index (χ0n) is 11.8. The van der Waals surface area contributed by atoms with Gasteiger partial charge in [-0.25, -0.2) is 13.8 Å². The number of hydrogen-bond acceptors (Lipinski definition) is 6. The highest BCUT2D eigenvalue weighted by Crippen LogP contribution is 2.25. The number of ether oxygens (including phenoxy) is 1. The normalized spacial score (nSPS) is 26.4. The number of hydrogen-bond donors (Lipinski definition) is 2. The maximum absolute atomic E-state index is 12.3. The number of amides is 2. The number of carbonyl (C=O) groups is 2. The molecule has 3 heterocycles. The molecule has 1 saturated heterocycles. The molecule has 4 rings (SSSR count). The van der Waals surface area contributed by atoms with Gasteiger partial charge in [-0.15, -0.1) is 0 Å². The van der Waals surface area contributed by atoms with Gasteiger partial charge >= 0.3 is 12.2 Å². The largest absolute Gasteiger partial charge is 0.465 e. The van der Waals surface area contributed by atoms with Gasteiger partial charge in [0.1, 0.15) is 6.61 Å². The molecule has 23 heavy (non-hydrogen) atoms. The van der Waals surface area contributed by atoms with E-state index in [1.54, 1.807) is 0 Å². The fourth-order valence-electron chi connectivity index (χ4n) is 2.51. The smallest absolute Gasteiger partial charge is 0.409 e. The molecule has 3 aliphatic heterocycles. The molecule has 0 aromatic heterocycles. The topological polar surface area (TPSA) is 122 Å². The third-order valence-corrected chi connectivity index (χ3v) is 4.99. The van der Waals surface area contributed by atoms with E-state index in [2.05, 4.69) is 5.32 Å². The first-order chi connectivity index (χ1) is 10.9. The first-order valence-corrected chi connectivity index (χ1v) is 8.23. The van der Waals surface area contributed by atoms with Crippen LogP contribution in [-0.2, 0) is 25.6 Å². The first-order valence-electron chi connectivity index (χ1n) is 6.82. The van der Waals surface area contributed by atoms with Crippen LogP contribution in [0.25, 0.3) is 0 Å². The van der Waals surface area contributed by atoms with E-state index in [0.717, 1.165) is 4.90 Å². The van der Waals surface area contributed by atoms with Gasteiger partial charge < -0.3 is 15.2 Å². The summed E-state index contributed by atoms with van der Waals surface area (Å²) in [6.07, 6.45) is -3.22. The molecule has 0 aliphatic carbocycles. The van der Waals surface area contributed by atoms with E-state index >= 15 is 0 Å². The number of carbonyl (C=O) groups excluding carboxylic acids is 1. The molecule has 124 valence electrons. The standard InChI is InChI=1S/C13H14N2O7S/c16-12-14-10-5-6-15(13(17)18)11(10)22-23(19,20)9-3-1-8(2-4-9)7-21-12/h1-4,10-11H,5-7H2,(H,14,16)(H,17,18)/t10-,11?/m1/s1. The number of likely N-dealkylation sites (tertiary alicyclic amines) is 1. The van der Waals surface area contributed by atoms with Crippen LogP contribution < -0.4 is 5.32 Å². The van der Waals surface area contributed by atoms with Gasteiger partial charge in [0.2, 0.25) is 0 Å². The van der Waals surface area contributed by atoms with E-state index in [1.165, 1.54) is 24.3 Å². The molecule has 2 bridgehead atoms. The van der Waals surface area contributed by atoms with E-state index in [9.17, 15) is 23.1 Å². The predicted molar refractivity (Wildman–Crippen MR) is 75.0 cm³/mol. The Morgan fingerprint density at radius 2 is 2.00 bits per heavy atom. The summed E-state index contributed by atoms with van der Waals surface area (Å²) in [6.45, 7) is 0.0197. The molecule has 1 fully saturated rings. The van der Waals surface area contributed by atoms with Crippen LogP contribution >= 0.6 is 0 Å². The number of carboxylic acid groups (broad SMARTS) is 1. The van der Waals surface area contributed by atoms with Crippen LogP contribution in [0.4, 0.5) is 9.59 Å². The lowest BCUT2D eigenvalue weighted by Gasteiger charge is -2.26. The SMILES string of the molecule is O=C1N[C@@H]2CCN(C(=O)O)C2OS(=O)(=O)c2ccc(cc2)CO1. The van der Waals surface area contributed by atoms with Crippen LogP contribution in [0.2, 0.25) is 0 Å². The predicted octanol–water partition coefficient (Wildman–Crippen LogP) is 0.710. The second-order valence-electron chi connectivity index (χ2n) is 5.18. The Labute approximate surface area is 131 Å². The minimum absolute atomic E-state index is 0.0208. The first kappa shape index (κ1) is 15.6. The maximum Gasteiger partial charge on any atom is 0.409 e. The van der Waals surface area contributed by atoms with Crippen LogP contribution in [0.3, 0.4) is 0 Å². The number of rotatable bonds is 0. The van der Waals surface area contributed by atoms with E-state index in [4.69, 9.17) is 8.92 Å². The summed E-state index contributed by atoms with van der Waals surface area (Å²) in [5.74, 6) is 0. The molecule has 0 saturated carbocycles. The zero-order valence-corrected chi connectivity index (χ0v) is 12.7. The van der Waals surface area contributed by atoms with Crippen LogP contribution in [0.15, 0.2) is 29.2 Å². The molecule has 2 N–H and O–H groups in total. The minimum Gasteiger partial charge on any atom is -0.465 e. The van der Waals surface area contributed by atoms with Gasteiger partial charge in [-0.3, -0.25) is 4.90 Å². The fraction of sp³-hybridized carbons (Fsp3) is 0.385. The van der Waals surface area contributed by atoms with Crippen LogP contribution in [0.1, 0.15) is 12.0 Å². The van der Waals surface area contributed by atoms with Crippen molar-refractivity contribution in [3.63, 3.8) is 0 Å². The lowest BCUT2D eigenvalue weighted by Crippen LogP contribution is -2.49. The highest BCUT2D eigenvalue weighted by molar-refractivity contribution is 7.86. The van der Waals surface area contributed by atoms with Crippen molar-refractivity contribution in [2.24, 2.45) is 0 Å². The van der Waals surface area contributed by atoms with E-state index < -0.39 is 34.6 Å². The van der Waals surface area contributed by atoms with Crippen molar-refractivity contribution in [1.29, 1.82) is 0 Å². The molecule has 0 radical (unpaired) electrons. The summed E-state index contributed by atoms with van der Waals surface area (Å²) in [7, 11) is -4.17. The number of fused-ring (bicyclic) bond motifs is 6. The van der Waals surface area contributed by atoms with Crippen LogP contribution in [0, 0.1) is 0 Å². The van der Waals surface area contributed by atoms with E-state index in [0.29, 0.717) is 5.56 Å². The van der Waals surface area contributed by atoms with Crippen molar-refractivity contribution in [3.05, 3.63) is 29.8 Å². The summed E-state index contributed by atoms with van der Waals surface area (Å²) in [6, 6.07) is 4.81. The molecule has 9 nitrogen and oxygen atoms in total. The van der Waals surface area contributed by atoms with Gasteiger partial charge in [-0.1, -0.05) is 12.1 Å². The molecule has 1 unspecified atom stereocenters. The molecule has 2 atom stereocenters. The van der Waals surface area contributed by atoms with Crippen molar-refractivity contribution < 1.29 is 32.0 Å². The van der Waals surface area contributed by atoms with Crippen molar-refractivity contribution in [2.75, 3.05) is 6.54 Å². The lowest BCUT2D eigenvalue weighted by molar-refractivity contribution is 0.0456. The van der Waals surface area contributed by atoms with Crippen molar-refractivity contribution in [1.82, 2.24) is 10.2 Å². The number of benzene rings is 1. The molecule has 10 heteroatoms.